The molecule has 0 amide bonds. The van der Waals surface area contributed by atoms with Crippen LogP contribution >= 0.6 is 0 Å². The molecule has 1 radical (unpaired) electrons. The van der Waals surface area contributed by atoms with Gasteiger partial charge in [0.2, 0.25) is 0 Å². The smallest absolute Gasteiger partial charge is 0.845 e. The first-order valence-corrected chi connectivity index (χ1v) is 15.3. The maximum Gasteiger partial charge on any atom is 3.00 e. The summed E-state index contributed by atoms with van der Waals surface area (Å²) in [7, 11) is 0. The van der Waals surface area contributed by atoms with Gasteiger partial charge in [-0.3, -0.25) is 0 Å². The van der Waals surface area contributed by atoms with Gasteiger partial charge in [-0.1, -0.05) is 144 Å². The van der Waals surface area contributed by atoms with Gasteiger partial charge in [0.25, 0.3) is 0 Å². The molecule has 0 aliphatic heterocycles. The van der Waals surface area contributed by atoms with Gasteiger partial charge in [-0.2, -0.15) is 0 Å². The first-order chi connectivity index (χ1) is 18.2. The van der Waals surface area contributed by atoms with E-state index in [1.807, 2.05) is 12.4 Å². The van der Waals surface area contributed by atoms with Crippen molar-refractivity contribution in [2.45, 2.75) is 133 Å². The molecule has 0 aromatic heterocycles. The van der Waals surface area contributed by atoms with E-state index in [1.54, 1.807) is 0 Å². The predicted molar refractivity (Wildman–Crippen MR) is 166 cm³/mol. The minimum atomic E-state index is -0.872. The zero-order valence-corrected chi connectivity index (χ0v) is 29.1. The van der Waals surface area contributed by atoms with Gasteiger partial charge in [0.15, 0.2) is 0 Å². The fourth-order valence-electron chi connectivity index (χ4n) is 5.70. The van der Waals surface area contributed by atoms with E-state index in [0.29, 0.717) is 0 Å². The predicted octanol–water partition coefficient (Wildman–Crippen LogP) is 6.62. The van der Waals surface area contributed by atoms with Gasteiger partial charge in [0.05, 0.1) is 0 Å². The number of hydrogen-bond donors (Lipinski definition) is 2. The van der Waals surface area contributed by atoms with Gasteiger partial charge in [-0.05, 0) is 69.2 Å². The van der Waals surface area contributed by atoms with Gasteiger partial charge in [0.1, 0.15) is 0 Å². The molecule has 4 atom stereocenters. The summed E-state index contributed by atoms with van der Waals surface area (Å²) in [6.07, 6.45) is 15.0. The van der Waals surface area contributed by atoms with Crippen molar-refractivity contribution in [3.8, 4) is 0 Å². The van der Waals surface area contributed by atoms with Crippen LogP contribution in [-0.2, 0) is 17.4 Å². The molecular formula is C36H56CrN2O2+. The molecule has 3 aliphatic carbocycles. The second kappa shape index (κ2) is 13.0. The van der Waals surface area contributed by atoms with Gasteiger partial charge in [0, 0.05) is 12.1 Å². The quantitative estimate of drug-likeness (QED) is 0.381. The standard InChI is InChI=1S/C36H56N2O2.Cr/c1-33(2,3)25-17-23(31(39)27(19-25)35(7,8)9)21-37-29-15-13-14-16-30(29)38-22-24-18-26(34(4,5)6)20-28(32(24)40)36(10,11)12;/h17-22,29-32,37-38H,13-16H2,1-12H3;/q-2;+3/b23-21+,24-22+;/t29-,30-,31?,32?;/m0./s1. The minimum absolute atomic E-state index is 0. The van der Waals surface area contributed by atoms with Gasteiger partial charge < -0.3 is 20.8 Å². The molecule has 1 saturated carbocycles. The summed E-state index contributed by atoms with van der Waals surface area (Å²) in [6.45, 7) is 26.0. The average molecular weight is 601 g/mol. The minimum Gasteiger partial charge on any atom is -0.845 e. The SMILES string of the molecule is CC(C)(C)C1=C/C(=C\N[C@H]2CCCC[C@@H]2N/C=C2\C=C(C(C)(C)C)C=C(C(C)(C)C)C2[O-])C([O-])C(C(C)(C)C)=C1.[Cr+3]. The van der Waals surface area contributed by atoms with Crippen molar-refractivity contribution in [2.75, 3.05) is 0 Å². The van der Waals surface area contributed by atoms with Crippen molar-refractivity contribution in [1.82, 2.24) is 10.6 Å². The Kier molecular flexibility index (Phi) is 11.3. The molecule has 0 aromatic carbocycles. The Hall–Kier alpha value is -1.51. The Morgan fingerprint density at radius 3 is 1.15 bits per heavy atom. The molecule has 2 unspecified atom stereocenters. The van der Waals surface area contributed by atoms with Crippen LogP contribution in [0.2, 0.25) is 0 Å². The van der Waals surface area contributed by atoms with Crippen LogP contribution in [0.1, 0.15) is 109 Å². The topological polar surface area (TPSA) is 70.2 Å². The van der Waals surface area contributed by atoms with E-state index in [9.17, 15) is 10.2 Å². The zero-order chi connectivity index (χ0) is 30.3. The average Bonchev–Trinajstić information content (AvgIpc) is 2.80. The Balaban J connectivity index is 0.00000588. The van der Waals surface area contributed by atoms with Crippen molar-refractivity contribution >= 4 is 0 Å². The van der Waals surface area contributed by atoms with Crippen LogP contribution in [0.25, 0.3) is 0 Å². The molecule has 227 valence electrons. The molecule has 0 spiro atoms. The molecule has 41 heavy (non-hydrogen) atoms. The second-order valence-electron chi connectivity index (χ2n) is 16.3. The molecule has 5 heteroatoms. The Labute approximate surface area is 262 Å². The van der Waals surface area contributed by atoms with Crippen molar-refractivity contribution in [2.24, 2.45) is 21.7 Å². The Morgan fingerprint density at radius 1 is 0.561 bits per heavy atom. The summed E-state index contributed by atoms with van der Waals surface area (Å²) in [5.74, 6) is 0. The molecule has 0 heterocycles. The van der Waals surface area contributed by atoms with E-state index in [-0.39, 0.29) is 51.1 Å². The van der Waals surface area contributed by atoms with Crippen molar-refractivity contribution in [3.05, 3.63) is 70.1 Å². The van der Waals surface area contributed by atoms with Crippen LogP contribution < -0.4 is 20.8 Å². The molecule has 3 rings (SSSR count). The molecular weight excluding hydrogens is 544 g/mol. The van der Waals surface area contributed by atoms with Crippen LogP contribution in [0.5, 0.6) is 0 Å². The molecule has 0 bridgehead atoms. The Morgan fingerprint density at radius 2 is 0.878 bits per heavy atom. The zero-order valence-electron chi connectivity index (χ0n) is 27.8. The Bertz CT molecular complexity index is 1030. The molecule has 4 nitrogen and oxygen atoms in total. The summed E-state index contributed by atoms with van der Waals surface area (Å²) in [5, 5.41) is 34.5. The van der Waals surface area contributed by atoms with E-state index in [1.165, 1.54) is 11.1 Å². The first kappa shape index (κ1) is 35.7. The fourth-order valence-corrected chi connectivity index (χ4v) is 5.70. The van der Waals surface area contributed by atoms with Crippen LogP contribution in [-0.4, -0.2) is 24.3 Å². The van der Waals surface area contributed by atoms with E-state index in [2.05, 4.69) is 118 Å². The van der Waals surface area contributed by atoms with Crippen molar-refractivity contribution < 1.29 is 27.6 Å². The maximum absolute atomic E-state index is 13.6. The van der Waals surface area contributed by atoms with Crippen molar-refractivity contribution in [1.29, 1.82) is 0 Å². The third-order valence-electron chi connectivity index (χ3n) is 8.59. The van der Waals surface area contributed by atoms with E-state index in [0.717, 1.165) is 48.0 Å². The molecule has 2 N–H and O–H groups in total. The van der Waals surface area contributed by atoms with Crippen LogP contribution in [0, 0.1) is 21.7 Å². The summed E-state index contributed by atoms with van der Waals surface area (Å²) in [5.41, 5.74) is 5.45. The summed E-state index contributed by atoms with van der Waals surface area (Å²) in [4.78, 5) is 0. The van der Waals surface area contributed by atoms with Gasteiger partial charge >= 0.3 is 17.4 Å². The molecule has 0 saturated heterocycles. The summed E-state index contributed by atoms with van der Waals surface area (Å²) in [6, 6.07) is 0.385. The number of allylic oxidation sites excluding steroid dienone is 4. The maximum atomic E-state index is 13.6. The number of hydrogen-bond acceptors (Lipinski definition) is 4. The largest absolute Gasteiger partial charge is 3.00 e. The first-order valence-electron chi connectivity index (χ1n) is 15.3. The third-order valence-corrected chi connectivity index (χ3v) is 8.59. The molecule has 3 aliphatic rings. The summed E-state index contributed by atoms with van der Waals surface area (Å²) >= 11 is 0. The van der Waals surface area contributed by atoms with E-state index >= 15 is 0 Å². The normalized spacial score (nSPS) is 28.3. The van der Waals surface area contributed by atoms with Crippen LogP contribution in [0.3, 0.4) is 0 Å². The summed E-state index contributed by atoms with van der Waals surface area (Å²) < 4.78 is 0. The monoisotopic (exact) mass is 600 g/mol. The van der Waals surface area contributed by atoms with Gasteiger partial charge in [-0.15, -0.1) is 0 Å². The number of rotatable bonds is 4. The second-order valence-corrected chi connectivity index (χ2v) is 16.3. The van der Waals surface area contributed by atoms with E-state index < -0.39 is 12.2 Å². The fraction of sp³-hybridized carbons (Fsp3) is 0.667. The van der Waals surface area contributed by atoms with E-state index in [4.69, 9.17) is 0 Å². The van der Waals surface area contributed by atoms with Crippen LogP contribution in [0.4, 0.5) is 0 Å². The van der Waals surface area contributed by atoms with Gasteiger partial charge in [-0.25, -0.2) is 0 Å². The van der Waals surface area contributed by atoms with Crippen LogP contribution in [0.15, 0.2) is 70.1 Å². The molecule has 0 aromatic rings. The molecule has 1 fully saturated rings. The number of nitrogens with one attached hydrogen (secondary N) is 2. The third kappa shape index (κ3) is 8.99. The van der Waals surface area contributed by atoms with Crippen molar-refractivity contribution in [3.63, 3.8) is 0 Å².